The van der Waals surface area contributed by atoms with Crippen LogP contribution < -0.4 is 0 Å². The molecular weight excluding hydrogens is 160 g/mol. The molecule has 0 aromatic rings. The summed E-state index contributed by atoms with van der Waals surface area (Å²) in [5.41, 5.74) is 0. The van der Waals surface area contributed by atoms with E-state index < -0.39 is 0 Å². The lowest BCUT2D eigenvalue weighted by atomic mass is 9.57. The van der Waals surface area contributed by atoms with E-state index in [0.29, 0.717) is 5.92 Å². The van der Waals surface area contributed by atoms with Gasteiger partial charge in [0.2, 0.25) is 0 Å². The summed E-state index contributed by atoms with van der Waals surface area (Å²) in [6.45, 7) is 3.53. The number of allylic oxidation sites excluding steroid dienone is 1. The Morgan fingerprint density at radius 1 is 1.38 bits per heavy atom. The standard InChI is InChI=1S/C12H18O/c1-2-11(13)8-10-7-9-5-3-4-6-12(9)10/h2,9-10,12H,1,3-8H2/t9?,10?,12-/m0/s1. The normalized spacial score (nSPS) is 37.4. The highest BCUT2D eigenvalue weighted by Crippen LogP contribution is 2.50. The number of ketones is 1. The maximum absolute atomic E-state index is 11.2. The van der Waals surface area contributed by atoms with Gasteiger partial charge in [0, 0.05) is 6.42 Å². The van der Waals surface area contributed by atoms with E-state index >= 15 is 0 Å². The van der Waals surface area contributed by atoms with Gasteiger partial charge in [0.05, 0.1) is 0 Å². The number of hydrogen-bond donors (Lipinski definition) is 0. The maximum atomic E-state index is 11.2. The van der Waals surface area contributed by atoms with Crippen molar-refractivity contribution in [2.75, 3.05) is 0 Å². The molecule has 0 aromatic carbocycles. The Labute approximate surface area is 80.2 Å². The van der Waals surface area contributed by atoms with Crippen LogP contribution >= 0.6 is 0 Å². The fourth-order valence-corrected chi connectivity index (χ4v) is 3.09. The topological polar surface area (TPSA) is 17.1 Å². The minimum atomic E-state index is 0.244. The molecule has 2 fully saturated rings. The summed E-state index contributed by atoms with van der Waals surface area (Å²) in [6, 6.07) is 0. The zero-order chi connectivity index (χ0) is 9.26. The third-order valence-corrected chi connectivity index (χ3v) is 3.87. The molecule has 0 radical (unpaired) electrons. The van der Waals surface area contributed by atoms with Gasteiger partial charge in [-0.3, -0.25) is 4.79 Å². The van der Waals surface area contributed by atoms with Crippen LogP contribution in [-0.2, 0) is 4.79 Å². The van der Waals surface area contributed by atoms with Crippen molar-refractivity contribution >= 4 is 5.78 Å². The third kappa shape index (κ3) is 1.70. The molecule has 0 spiro atoms. The molecule has 2 aliphatic carbocycles. The van der Waals surface area contributed by atoms with Gasteiger partial charge in [-0.1, -0.05) is 25.8 Å². The van der Waals surface area contributed by atoms with Crippen molar-refractivity contribution in [3.05, 3.63) is 12.7 Å². The van der Waals surface area contributed by atoms with Crippen LogP contribution in [0.3, 0.4) is 0 Å². The quantitative estimate of drug-likeness (QED) is 0.607. The zero-order valence-corrected chi connectivity index (χ0v) is 8.17. The first-order valence-electron chi connectivity index (χ1n) is 5.46. The Balaban J connectivity index is 1.83. The molecule has 13 heavy (non-hydrogen) atoms. The number of hydrogen-bond acceptors (Lipinski definition) is 1. The van der Waals surface area contributed by atoms with E-state index in [0.717, 1.165) is 18.3 Å². The lowest BCUT2D eigenvalue weighted by Crippen LogP contribution is -2.39. The Bertz CT molecular complexity index is 219. The number of carbonyl (C=O) groups is 1. The monoisotopic (exact) mass is 178 g/mol. The molecule has 0 saturated heterocycles. The largest absolute Gasteiger partial charge is 0.295 e. The zero-order valence-electron chi connectivity index (χ0n) is 8.17. The Morgan fingerprint density at radius 2 is 2.15 bits per heavy atom. The van der Waals surface area contributed by atoms with Gasteiger partial charge in [0.25, 0.3) is 0 Å². The van der Waals surface area contributed by atoms with Crippen LogP contribution in [0, 0.1) is 17.8 Å². The van der Waals surface area contributed by atoms with Crippen molar-refractivity contribution in [2.24, 2.45) is 17.8 Å². The van der Waals surface area contributed by atoms with Crippen LogP contribution in [0.25, 0.3) is 0 Å². The molecule has 0 amide bonds. The molecule has 2 rings (SSSR count). The summed E-state index contributed by atoms with van der Waals surface area (Å²) in [6.07, 6.45) is 9.16. The van der Waals surface area contributed by atoms with Crippen molar-refractivity contribution in [3.63, 3.8) is 0 Å². The third-order valence-electron chi connectivity index (χ3n) is 3.87. The molecule has 3 atom stereocenters. The number of carbonyl (C=O) groups excluding carboxylic acids is 1. The highest BCUT2D eigenvalue weighted by Gasteiger charge is 2.41. The van der Waals surface area contributed by atoms with Gasteiger partial charge in [-0.25, -0.2) is 0 Å². The van der Waals surface area contributed by atoms with Crippen molar-refractivity contribution in [1.82, 2.24) is 0 Å². The highest BCUT2D eigenvalue weighted by atomic mass is 16.1. The predicted octanol–water partition coefficient (Wildman–Crippen LogP) is 2.96. The van der Waals surface area contributed by atoms with Gasteiger partial charge >= 0.3 is 0 Å². The summed E-state index contributed by atoms with van der Waals surface area (Å²) >= 11 is 0. The smallest absolute Gasteiger partial charge is 0.155 e. The molecule has 1 heteroatoms. The van der Waals surface area contributed by atoms with E-state index in [1.807, 2.05) is 0 Å². The van der Waals surface area contributed by atoms with Crippen LogP contribution in [0.1, 0.15) is 38.5 Å². The molecule has 0 bridgehead atoms. The first-order chi connectivity index (χ1) is 6.31. The van der Waals surface area contributed by atoms with Crippen molar-refractivity contribution in [2.45, 2.75) is 38.5 Å². The van der Waals surface area contributed by atoms with Gasteiger partial charge in [-0.2, -0.15) is 0 Å². The molecule has 1 nitrogen and oxygen atoms in total. The van der Waals surface area contributed by atoms with Gasteiger partial charge in [-0.05, 0) is 36.7 Å². The molecule has 72 valence electrons. The molecule has 0 N–H and O–H groups in total. The number of fused-ring (bicyclic) bond motifs is 1. The second-order valence-electron chi connectivity index (χ2n) is 4.58. The lowest BCUT2D eigenvalue weighted by molar-refractivity contribution is -0.118. The second-order valence-corrected chi connectivity index (χ2v) is 4.58. The minimum absolute atomic E-state index is 0.244. The van der Waals surface area contributed by atoms with Crippen molar-refractivity contribution in [1.29, 1.82) is 0 Å². The SMILES string of the molecule is C=CC(=O)CC1CC2CCCC[C@@H]21. The second kappa shape index (κ2) is 3.65. The van der Waals surface area contributed by atoms with Gasteiger partial charge in [-0.15, -0.1) is 0 Å². The van der Waals surface area contributed by atoms with E-state index in [9.17, 15) is 4.79 Å². The molecule has 2 unspecified atom stereocenters. The fourth-order valence-electron chi connectivity index (χ4n) is 3.09. The van der Waals surface area contributed by atoms with E-state index in [2.05, 4.69) is 6.58 Å². The average molecular weight is 178 g/mol. The van der Waals surface area contributed by atoms with Crippen molar-refractivity contribution < 1.29 is 4.79 Å². The van der Waals surface area contributed by atoms with E-state index in [-0.39, 0.29) is 5.78 Å². The molecule has 2 aliphatic rings. The van der Waals surface area contributed by atoms with Crippen LogP contribution in [0.15, 0.2) is 12.7 Å². The van der Waals surface area contributed by atoms with E-state index in [4.69, 9.17) is 0 Å². The molecule has 0 aliphatic heterocycles. The first kappa shape index (κ1) is 8.98. The molecule has 0 aromatic heterocycles. The lowest BCUT2D eigenvalue weighted by Gasteiger charge is -2.47. The summed E-state index contributed by atoms with van der Waals surface area (Å²) in [5, 5.41) is 0. The number of rotatable bonds is 3. The Kier molecular flexibility index (Phi) is 2.52. The summed E-state index contributed by atoms with van der Waals surface area (Å²) < 4.78 is 0. The highest BCUT2D eigenvalue weighted by molar-refractivity contribution is 5.89. The van der Waals surface area contributed by atoms with Gasteiger partial charge < -0.3 is 0 Å². The van der Waals surface area contributed by atoms with Gasteiger partial charge in [0.1, 0.15) is 0 Å². The predicted molar refractivity (Wildman–Crippen MR) is 53.4 cm³/mol. The summed E-state index contributed by atoms with van der Waals surface area (Å²) in [7, 11) is 0. The summed E-state index contributed by atoms with van der Waals surface area (Å²) in [5.74, 6) is 2.80. The van der Waals surface area contributed by atoms with Gasteiger partial charge in [0.15, 0.2) is 5.78 Å². The van der Waals surface area contributed by atoms with E-state index in [1.165, 1.54) is 38.2 Å². The van der Waals surface area contributed by atoms with Crippen LogP contribution in [0.5, 0.6) is 0 Å². The average Bonchev–Trinajstić information content (AvgIpc) is 2.14. The Morgan fingerprint density at radius 3 is 2.85 bits per heavy atom. The Hall–Kier alpha value is -0.590. The van der Waals surface area contributed by atoms with Crippen LogP contribution in [-0.4, -0.2) is 5.78 Å². The maximum Gasteiger partial charge on any atom is 0.155 e. The fraction of sp³-hybridized carbons (Fsp3) is 0.750. The van der Waals surface area contributed by atoms with E-state index in [1.54, 1.807) is 0 Å². The molecule has 2 saturated carbocycles. The van der Waals surface area contributed by atoms with Crippen molar-refractivity contribution in [3.8, 4) is 0 Å². The molecule has 0 heterocycles. The van der Waals surface area contributed by atoms with Crippen LogP contribution in [0.4, 0.5) is 0 Å². The van der Waals surface area contributed by atoms with Crippen LogP contribution in [0.2, 0.25) is 0 Å². The summed E-state index contributed by atoms with van der Waals surface area (Å²) in [4.78, 5) is 11.2. The molecular formula is C12H18O. The minimum Gasteiger partial charge on any atom is -0.295 e. The first-order valence-corrected chi connectivity index (χ1v) is 5.46.